The van der Waals surface area contributed by atoms with Crippen molar-refractivity contribution in [2.24, 2.45) is 0 Å². The molecular weight excluding hydrogens is 499 g/mol. The van der Waals surface area contributed by atoms with Crippen LogP contribution in [0.5, 0.6) is 0 Å². The summed E-state index contributed by atoms with van der Waals surface area (Å²) in [5, 5.41) is 2.57. The highest BCUT2D eigenvalue weighted by atomic mass is 19.1. The molecule has 0 bridgehead atoms. The summed E-state index contributed by atoms with van der Waals surface area (Å²) in [6.07, 6.45) is 3.27. The summed E-state index contributed by atoms with van der Waals surface area (Å²) in [6.45, 7) is 8.48. The molecule has 8 nitrogen and oxygen atoms in total. The highest BCUT2D eigenvalue weighted by molar-refractivity contribution is 5.96. The molecule has 2 rings (SSSR count). The van der Waals surface area contributed by atoms with Gasteiger partial charge < -0.3 is 15.1 Å². The van der Waals surface area contributed by atoms with E-state index in [1.54, 1.807) is 22.9 Å². The highest BCUT2D eigenvalue weighted by Gasteiger charge is 2.28. The van der Waals surface area contributed by atoms with Gasteiger partial charge in [0.25, 0.3) is 11.8 Å². The normalized spacial score (nSPS) is 10.9. The number of rotatable bonds is 13. The van der Waals surface area contributed by atoms with Gasteiger partial charge in [-0.15, -0.1) is 0 Å². The second-order valence-electron chi connectivity index (χ2n) is 9.28. The van der Waals surface area contributed by atoms with Crippen LogP contribution in [0.15, 0.2) is 48.5 Å². The first-order valence-corrected chi connectivity index (χ1v) is 13.5. The molecule has 0 fully saturated rings. The molecule has 0 spiro atoms. The summed E-state index contributed by atoms with van der Waals surface area (Å²) in [5.74, 6) is -1.73. The van der Waals surface area contributed by atoms with E-state index in [1.807, 2.05) is 44.2 Å². The number of imide groups is 1. The third kappa shape index (κ3) is 10.9. The van der Waals surface area contributed by atoms with Crippen LogP contribution >= 0.6 is 0 Å². The Morgan fingerprint density at radius 3 is 2.18 bits per heavy atom. The van der Waals surface area contributed by atoms with Gasteiger partial charge in [0.05, 0.1) is 6.54 Å². The second-order valence-corrected chi connectivity index (χ2v) is 9.28. The molecule has 2 aromatic carbocycles. The minimum atomic E-state index is -0.677. The average Bonchev–Trinajstić information content (AvgIpc) is 2.94. The first kappa shape index (κ1) is 33.3. The number of para-hydroxylation sites is 1. The number of hydrogen-bond acceptors (Lipinski definition) is 5. The fourth-order valence-corrected chi connectivity index (χ4v) is 3.88. The number of halogens is 1. The summed E-state index contributed by atoms with van der Waals surface area (Å²) in [4.78, 5) is 54.0. The Kier molecular flexibility index (Phi) is 15.1. The molecule has 214 valence electrons. The van der Waals surface area contributed by atoms with Crippen LogP contribution in [0.2, 0.25) is 0 Å². The monoisotopic (exact) mass is 542 g/mol. The predicted molar refractivity (Wildman–Crippen MR) is 153 cm³/mol. The molecule has 4 amide bonds. The Balaban J connectivity index is 0.00000242. The van der Waals surface area contributed by atoms with Gasteiger partial charge in [0.15, 0.2) is 0 Å². The molecule has 2 aromatic rings. The van der Waals surface area contributed by atoms with Crippen LogP contribution < -0.4 is 10.2 Å². The van der Waals surface area contributed by atoms with Gasteiger partial charge >= 0.3 is 0 Å². The van der Waals surface area contributed by atoms with Crippen LogP contribution in [0.4, 0.5) is 10.1 Å². The molecule has 9 heteroatoms. The molecule has 0 radical (unpaired) electrons. The quantitative estimate of drug-likeness (QED) is 0.382. The zero-order valence-electron chi connectivity index (χ0n) is 24.1. The molecule has 0 heterocycles. The number of aryl methyl sites for hydroxylation is 1. The van der Waals surface area contributed by atoms with Crippen molar-refractivity contribution in [3.05, 3.63) is 65.5 Å². The SMILES string of the molecule is CCC.CCCN(CCC(C(=O)N(C)C=O)N(C)c1ccccc1)C(=O)CNC(=O)c1cc(F)cc(CC)c1. The number of benzene rings is 2. The van der Waals surface area contributed by atoms with Crippen LogP contribution in [0.25, 0.3) is 0 Å². The van der Waals surface area contributed by atoms with E-state index in [9.17, 15) is 23.6 Å². The molecule has 1 N–H and O–H groups in total. The molecule has 1 unspecified atom stereocenters. The van der Waals surface area contributed by atoms with E-state index in [0.717, 1.165) is 16.7 Å². The van der Waals surface area contributed by atoms with Gasteiger partial charge in [-0.2, -0.15) is 0 Å². The Morgan fingerprint density at radius 1 is 0.974 bits per heavy atom. The van der Waals surface area contributed by atoms with Crippen molar-refractivity contribution < 1.29 is 23.6 Å². The largest absolute Gasteiger partial charge is 0.363 e. The number of nitrogens with zero attached hydrogens (tertiary/aromatic N) is 3. The number of carbonyl (C=O) groups is 4. The van der Waals surface area contributed by atoms with E-state index in [1.165, 1.54) is 19.5 Å². The van der Waals surface area contributed by atoms with Crippen LogP contribution in [0, 0.1) is 5.82 Å². The molecule has 0 aliphatic carbocycles. The number of carbonyl (C=O) groups excluding carboxylic acids is 4. The van der Waals surface area contributed by atoms with Crippen molar-refractivity contribution in [2.75, 3.05) is 38.6 Å². The first-order chi connectivity index (χ1) is 18.6. The minimum absolute atomic E-state index is 0.161. The van der Waals surface area contributed by atoms with Gasteiger partial charge in [-0.05, 0) is 55.2 Å². The second kappa shape index (κ2) is 17.7. The molecule has 0 aromatic heterocycles. The summed E-state index contributed by atoms with van der Waals surface area (Å²) in [7, 11) is 3.17. The van der Waals surface area contributed by atoms with Crippen molar-refractivity contribution in [2.45, 2.75) is 59.4 Å². The van der Waals surface area contributed by atoms with Gasteiger partial charge in [-0.25, -0.2) is 4.39 Å². The molecule has 0 saturated carbocycles. The number of amides is 4. The van der Waals surface area contributed by atoms with E-state index in [4.69, 9.17) is 0 Å². The fourth-order valence-electron chi connectivity index (χ4n) is 3.88. The Labute approximate surface area is 232 Å². The van der Waals surface area contributed by atoms with Crippen LogP contribution in [-0.2, 0) is 20.8 Å². The zero-order valence-corrected chi connectivity index (χ0v) is 24.1. The molecular formula is C30H43FN4O4. The molecule has 39 heavy (non-hydrogen) atoms. The number of anilines is 1. The van der Waals surface area contributed by atoms with Crippen molar-refractivity contribution in [3.63, 3.8) is 0 Å². The lowest BCUT2D eigenvalue weighted by Gasteiger charge is -2.32. The molecule has 0 aliphatic heterocycles. The maximum atomic E-state index is 13.8. The molecule has 0 saturated heterocycles. The van der Waals surface area contributed by atoms with Gasteiger partial charge in [0.2, 0.25) is 12.3 Å². The lowest BCUT2D eigenvalue weighted by atomic mass is 10.1. The van der Waals surface area contributed by atoms with E-state index in [2.05, 4.69) is 19.2 Å². The van der Waals surface area contributed by atoms with Crippen LogP contribution in [0.1, 0.15) is 62.9 Å². The van der Waals surface area contributed by atoms with Gasteiger partial charge in [0, 0.05) is 38.4 Å². The fraction of sp³-hybridized carbons (Fsp3) is 0.467. The zero-order chi connectivity index (χ0) is 29.4. The summed E-state index contributed by atoms with van der Waals surface area (Å²) >= 11 is 0. The van der Waals surface area contributed by atoms with E-state index in [0.29, 0.717) is 31.4 Å². The van der Waals surface area contributed by atoms with Gasteiger partial charge in [0.1, 0.15) is 11.9 Å². The summed E-state index contributed by atoms with van der Waals surface area (Å²) in [5.41, 5.74) is 1.66. The summed E-state index contributed by atoms with van der Waals surface area (Å²) in [6, 6.07) is 12.7. The van der Waals surface area contributed by atoms with Crippen molar-refractivity contribution in [1.29, 1.82) is 0 Å². The highest BCUT2D eigenvalue weighted by Crippen LogP contribution is 2.18. The number of likely N-dealkylation sites (N-methyl/N-ethyl adjacent to an activating group) is 2. The molecule has 0 aliphatic rings. The number of hydrogen-bond donors (Lipinski definition) is 1. The topological polar surface area (TPSA) is 90.0 Å². The van der Waals surface area contributed by atoms with E-state index < -0.39 is 17.8 Å². The maximum absolute atomic E-state index is 13.8. The third-order valence-electron chi connectivity index (χ3n) is 5.97. The Morgan fingerprint density at radius 2 is 1.62 bits per heavy atom. The maximum Gasteiger partial charge on any atom is 0.251 e. The van der Waals surface area contributed by atoms with Gasteiger partial charge in [-0.1, -0.05) is 52.3 Å². The lowest BCUT2D eigenvalue weighted by Crippen LogP contribution is -2.48. The minimum Gasteiger partial charge on any atom is -0.363 e. The van der Waals surface area contributed by atoms with Crippen LogP contribution in [0.3, 0.4) is 0 Å². The number of nitrogens with one attached hydrogen (secondary N) is 1. The van der Waals surface area contributed by atoms with Gasteiger partial charge in [-0.3, -0.25) is 24.1 Å². The smallest absolute Gasteiger partial charge is 0.251 e. The van der Waals surface area contributed by atoms with Crippen molar-refractivity contribution in [1.82, 2.24) is 15.1 Å². The Bertz CT molecular complexity index is 1060. The Hall–Kier alpha value is -3.75. The molecule has 1 atom stereocenters. The first-order valence-electron chi connectivity index (χ1n) is 13.5. The van der Waals surface area contributed by atoms with Crippen molar-refractivity contribution >= 4 is 29.8 Å². The van der Waals surface area contributed by atoms with Crippen LogP contribution in [-0.4, -0.2) is 73.7 Å². The standard InChI is InChI=1S/C27H35FN4O4.C3H8/c1-5-13-32(25(34)18-29-26(35)21-15-20(6-2)16-22(28)17-21)14-12-24(27(36)30(3)19-33)31(4)23-10-8-7-9-11-23;1-3-2/h7-11,15-17,19,24H,5-6,12-14,18H2,1-4H3,(H,29,35);3H2,1-2H3. The third-order valence-corrected chi connectivity index (χ3v) is 5.97. The van der Waals surface area contributed by atoms with E-state index in [-0.39, 0.29) is 36.9 Å². The lowest BCUT2D eigenvalue weighted by molar-refractivity contribution is -0.138. The van der Waals surface area contributed by atoms with Crippen molar-refractivity contribution in [3.8, 4) is 0 Å². The van der Waals surface area contributed by atoms with E-state index >= 15 is 0 Å². The summed E-state index contributed by atoms with van der Waals surface area (Å²) < 4.78 is 13.8. The average molecular weight is 543 g/mol. The predicted octanol–water partition coefficient (Wildman–Crippen LogP) is 4.28.